The van der Waals surface area contributed by atoms with E-state index in [1.54, 1.807) is 19.1 Å². The van der Waals surface area contributed by atoms with Crippen LogP contribution in [0.1, 0.15) is 24.0 Å². The van der Waals surface area contributed by atoms with Gasteiger partial charge in [-0.2, -0.15) is 8.78 Å². The first-order chi connectivity index (χ1) is 7.57. The molecular formula is C13H12F2O. The SMILES string of the molecule is C#CC1(c2ccc(C)c(OC(F)F)c2)CC1. The quantitative estimate of drug-likeness (QED) is 0.713. The molecule has 1 saturated carbocycles. The molecule has 0 unspecified atom stereocenters. The van der Waals surface area contributed by atoms with Crippen LogP contribution in [0.15, 0.2) is 18.2 Å². The molecule has 84 valence electrons. The maximum Gasteiger partial charge on any atom is 0.387 e. The average Bonchev–Trinajstić information content (AvgIpc) is 3.01. The lowest BCUT2D eigenvalue weighted by molar-refractivity contribution is -0.0503. The summed E-state index contributed by atoms with van der Waals surface area (Å²) in [5.74, 6) is 2.94. The molecule has 3 heteroatoms. The maximum atomic E-state index is 12.2. The molecule has 0 atom stereocenters. The number of alkyl halides is 2. The van der Waals surface area contributed by atoms with Crippen LogP contribution in [0.3, 0.4) is 0 Å². The van der Waals surface area contributed by atoms with E-state index in [1.165, 1.54) is 0 Å². The Morgan fingerprint density at radius 3 is 2.62 bits per heavy atom. The average molecular weight is 222 g/mol. The lowest BCUT2D eigenvalue weighted by Crippen LogP contribution is -2.07. The Morgan fingerprint density at radius 2 is 2.12 bits per heavy atom. The van der Waals surface area contributed by atoms with Crippen molar-refractivity contribution in [1.29, 1.82) is 0 Å². The molecule has 0 heterocycles. The second kappa shape index (κ2) is 3.79. The van der Waals surface area contributed by atoms with Crippen LogP contribution >= 0.6 is 0 Å². The van der Waals surface area contributed by atoms with E-state index in [9.17, 15) is 8.78 Å². The summed E-state index contributed by atoms with van der Waals surface area (Å²) in [6, 6.07) is 5.29. The summed E-state index contributed by atoms with van der Waals surface area (Å²) in [4.78, 5) is 0. The zero-order valence-electron chi connectivity index (χ0n) is 8.97. The van der Waals surface area contributed by atoms with Gasteiger partial charge >= 0.3 is 6.61 Å². The van der Waals surface area contributed by atoms with Crippen LogP contribution in [0.4, 0.5) is 8.78 Å². The third-order valence-electron chi connectivity index (χ3n) is 2.98. The number of hydrogen-bond acceptors (Lipinski definition) is 1. The Hall–Kier alpha value is -1.56. The van der Waals surface area contributed by atoms with E-state index in [0.29, 0.717) is 5.56 Å². The Labute approximate surface area is 93.4 Å². The van der Waals surface area contributed by atoms with Gasteiger partial charge in [0.05, 0.1) is 5.41 Å². The van der Waals surface area contributed by atoms with Crippen molar-refractivity contribution in [1.82, 2.24) is 0 Å². The second-order valence-corrected chi connectivity index (χ2v) is 4.09. The summed E-state index contributed by atoms with van der Waals surface area (Å²) in [6.45, 7) is -1.06. The van der Waals surface area contributed by atoms with Crippen LogP contribution in [-0.4, -0.2) is 6.61 Å². The minimum absolute atomic E-state index is 0.217. The molecule has 2 rings (SSSR count). The van der Waals surface area contributed by atoms with Gasteiger partial charge in [0.1, 0.15) is 5.75 Å². The Bertz CT molecular complexity index is 442. The molecule has 0 aromatic heterocycles. The first-order valence-electron chi connectivity index (χ1n) is 5.11. The summed E-state index contributed by atoms with van der Waals surface area (Å²) < 4.78 is 28.8. The van der Waals surface area contributed by atoms with Crippen molar-refractivity contribution >= 4 is 0 Å². The van der Waals surface area contributed by atoms with E-state index in [-0.39, 0.29) is 11.2 Å². The molecule has 0 amide bonds. The highest BCUT2D eigenvalue weighted by molar-refractivity contribution is 5.46. The first-order valence-corrected chi connectivity index (χ1v) is 5.11. The van der Waals surface area contributed by atoms with Gasteiger partial charge in [-0.05, 0) is 37.0 Å². The molecular weight excluding hydrogens is 210 g/mol. The van der Waals surface area contributed by atoms with Gasteiger partial charge in [-0.3, -0.25) is 0 Å². The van der Waals surface area contributed by atoms with Gasteiger partial charge in [-0.1, -0.05) is 18.1 Å². The number of ether oxygens (including phenoxy) is 1. The van der Waals surface area contributed by atoms with E-state index < -0.39 is 6.61 Å². The second-order valence-electron chi connectivity index (χ2n) is 4.09. The fourth-order valence-corrected chi connectivity index (χ4v) is 1.76. The minimum atomic E-state index is -2.80. The van der Waals surface area contributed by atoms with Crippen molar-refractivity contribution in [3.05, 3.63) is 29.3 Å². The lowest BCUT2D eigenvalue weighted by Gasteiger charge is -2.13. The fourth-order valence-electron chi connectivity index (χ4n) is 1.76. The molecule has 0 spiro atoms. The summed E-state index contributed by atoms with van der Waals surface area (Å²) in [7, 11) is 0. The minimum Gasteiger partial charge on any atom is -0.435 e. The van der Waals surface area contributed by atoms with Crippen LogP contribution in [0, 0.1) is 19.3 Å². The highest BCUT2D eigenvalue weighted by Crippen LogP contribution is 2.48. The summed E-state index contributed by atoms with van der Waals surface area (Å²) in [5.41, 5.74) is 1.35. The van der Waals surface area contributed by atoms with E-state index in [1.807, 2.05) is 6.07 Å². The van der Waals surface area contributed by atoms with Crippen LogP contribution < -0.4 is 4.74 Å². The Kier molecular flexibility index (Phi) is 2.59. The standard InChI is InChI=1S/C13H12F2O/c1-3-13(6-7-13)10-5-4-9(2)11(8-10)16-12(14)15/h1,4-5,8,12H,6-7H2,2H3. The smallest absolute Gasteiger partial charge is 0.387 e. The molecule has 0 bridgehead atoms. The molecule has 1 aliphatic rings. The van der Waals surface area contributed by atoms with Crippen molar-refractivity contribution in [3.63, 3.8) is 0 Å². The van der Waals surface area contributed by atoms with E-state index in [4.69, 9.17) is 6.42 Å². The zero-order valence-corrected chi connectivity index (χ0v) is 8.97. The Balaban J connectivity index is 2.33. The fraction of sp³-hybridized carbons (Fsp3) is 0.385. The van der Waals surface area contributed by atoms with E-state index >= 15 is 0 Å². The zero-order chi connectivity index (χ0) is 11.8. The van der Waals surface area contributed by atoms with Crippen LogP contribution in [0.25, 0.3) is 0 Å². The molecule has 1 aromatic rings. The number of aryl methyl sites for hydroxylation is 1. The normalized spacial score (nSPS) is 16.9. The number of rotatable bonds is 3. The number of benzene rings is 1. The van der Waals surface area contributed by atoms with Gasteiger partial charge in [0.15, 0.2) is 0 Å². The molecule has 0 N–H and O–H groups in total. The number of halogens is 2. The largest absolute Gasteiger partial charge is 0.435 e. The molecule has 0 aliphatic heterocycles. The van der Waals surface area contributed by atoms with Crippen molar-refractivity contribution < 1.29 is 13.5 Å². The molecule has 16 heavy (non-hydrogen) atoms. The van der Waals surface area contributed by atoms with Crippen molar-refractivity contribution in [2.75, 3.05) is 0 Å². The van der Waals surface area contributed by atoms with Crippen molar-refractivity contribution in [2.45, 2.75) is 31.8 Å². The number of hydrogen-bond donors (Lipinski definition) is 0. The van der Waals surface area contributed by atoms with Crippen LogP contribution in [-0.2, 0) is 5.41 Å². The molecule has 0 saturated heterocycles. The molecule has 0 radical (unpaired) electrons. The third kappa shape index (κ3) is 1.88. The van der Waals surface area contributed by atoms with Gasteiger partial charge < -0.3 is 4.74 Å². The monoisotopic (exact) mass is 222 g/mol. The van der Waals surface area contributed by atoms with E-state index in [0.717, 1.165) is 18.4 Å². The van der Waals surface area contributed by atoms with Gasteiger partial charge in [0.2, 0.25) is 0 Å². The van der Waals surface area contributed by atoms with Crippen LogP contribution in [0.5, 0.6) is 5.75 Å². The first kappa shape index (κ1) is 10.9. The van der Waals surface area contributed by atoms with Gasteiger partial charge in [-0.15, -0.1) is 6.42 Å². The maximum absolute atomic E-state index is 12.2. The topological polar surface area (TPSA) is 9.23 Å². The predicted octanol–water partition coefficient (Wildman–Crippen LogP) is 3.26. The molecule has 1 nitrogen and oxygen atoms in total. The van der Waals surface area contributed by atoms with Crippen molar-refractivity contribution in [2.24, 2.45) is 0 Å². The molecule has 1 fully saturated rings. The van der Waals surface area contributed by atoms with E-state index in [2.05, 4.69) is 10.7 Å². The Morgan fingerprint density at radius 1 is 1.44 bits per heavy atom. The summed E-state index contributed by atoms with van der Waals surface area (Å²) in [6.07, 6.45) is 7.29. The highest BCUT2D eigenvalue weighted by atomic mass is 19.3. The predicted molar refractivity (Wildman–Crippen MR) is 57.6 cm³/mol. The van der Waals surface area contributed by atoms with Crippen molar-refractivity contribution in [3.8, 4) is 18.1 Å². The summed E-state index contributed by atoms with van der Waals surface area (Å²) >= 11 is 0. The summed E-state index contributed by atoms with van der Waals surface area (Å²) in [5, 5.41) is 0. The van der Waals surface area contributed by atoms with Gasteiger partial charge in [0.25, 0.3) is 0 Å². The molecule has 1 aliphatic carbocycles. The highest BCUT2D eigenvalue weighted by Gasteiger charge is 2.42. The lowest BCUT2D eigenvalue weighted by atomic mass is 9.96. The van der Waals surface area contributed by atoms with Crippen LogP contribution in [0.2, 0.25) is 0 Å². The molecule has 1 aromatic carbocycles. The third-order valence-corrected chi connectivity index (χ3v) is 2.98. The van der Waals surface area contributed by atoms with Gasteiger partial charge in [-0.25, -0.2) is 0 Å². The number of terminal acetylenes is 1. The van der Waals surface area contributed by atoms with Gasteiger partial charge in [0, 0.05) is 0 Å².